The summed E-state index contributed by atoms with van der Waals surface area (Å²) in [4.78, 5) is 1.09. The standard InChI is InChI=1S/C13H19BrOS/c14-11-8-9-16-13(11)12(15)7-6-10-4-2-1-3-5-10/h8-10,12,15H,1-7H2. The first-order chi connectivity index (χ1) is 7.77. The average molecular weight is 303 g/mol. The Balaban J connectivity index is 1.79. The van der Waals surface area contributed by atoms with Gasteiger partial charge < -0.3 is 5.11 Å². The minimum absolute atomic E-state index is 0.267. The fraction of sp³-hybridized carbons (Fsp3) is 0.692. The predicted molar refractivity (Wildman–Crippen MR) is 72.8 cm³/mol. The van der Waals surface area contributed by atoms with Crippen molar-refractivity contribution in [2.24, 2.45) is 5.92 Å². The zero-order valence-electron chi connectivity index (χ0n) is 9.49. The van der Waals surface area contributed by atoms with Gasteiger partial charge in [0.05, 0.1) is 6.10 Å². The molecule has 16 heavy (non-hydrogen) atoms. The van der Waals surface area contributed by atoms with Crippen LogP contribution in [0, 0.1) is 5.92 Å². The highest BCUT2D eigenvalue weighted by Crippen LogP contribution is 2.34. The molecule has 1 unspecified atom stereocenters. The molecule has 0 radical (unpaired) electrons. The lowest BCUT2D eigenvalue weighted by Gasteiger charge is -2.22. The molecule has 1 aromatic rings. The first-order valence-electron chi connectivity index (χ1n) is 6.18. The van der Waals surface area contributed by atoms with Gasteiger partial charge in [0.1, 0.15) is 0 Å². The van der Waals surface area contributed by atoms with E-state index in [0.717, 1.165) is 21.7 Å². The van der Waals surface area contributed by atoms with Crippen LogP contribution in [-0.4, -0.2) is 5.11 Å². The molecule has 1 N–H and O–H groups in total. The minimum Gasteiger partial charge on any atom is -0.388 e. The first-order valence-corrected chi connectivity index (χ1v) is 7.85. The van der Waals surface area contributed by atoms with Crippen LogP contribution in [0.2, 0.25) is 0 Å². The summed E-state index contributed by atoms with van der Waals surface area (Å²) in [5.41, 5.74) is 0. The van der Waals surface area contributed by atoms with Crippen molar-refractivity contribution in [3.05, 3.63) is 20.8 Å². The topological polar surface area (TPSA) is 20.2 Å². The SMILES string of the molecule is OC(CCC1CCCCC1)c1sccc1Br. The van der Waals surface area contributed by atoms with Crippen LogP contribution in [0.15, 0.2) is 15.9 Å². The van der Waals surface area contributed by atoms with Crippen LogP contribution >= 0.6 is 27.3 Å². The van der Waals surface area contributed by atoms with E-state index in [2.05, 4.69) is 15.9 Å². The summed E-state index contributed by atoms with van der Waals surface area (Å²) in [6, 6.07) is 2.02. The molecule has 0 spiro atoms. The molecule has 0 aromatic carbocycles. The normalized spacial score (nSPS) is 19.9. The molecule has 1 aliphatic rings. The third-order valence-corrected chi connectivity index (χ3v) is 5.49. The quantitative estimate of drug-likeness (QED) is 0.838. The van der Waals surface area contributed by atoms with E-state index in [4.69, 9.17) is 0 Å². The van der Waals surface area contributed by atoms with Gasteiger partial charge in [0.15, 0.2) is 0 Å². The smallest absolute Gasteiger partial charge is 0.0893 e. The third kappa shape index (κ3) is 3.31. The van der Waals surface area contributed by atoms with E-state index in [-0.39, 0.29) is 6.10 Å². The molecule has 2 rings (SSSR count). The number of halogens is 1. The van der Waals surface area contributed by atoms with Crippen molar-refractivity contribution in [1.82, 2.24) is 0 Å². The molecule has 0 aliphatic heterocycles. The van der Waals surface area contributed by atoms with Gasteiger partial charge in [-0.1, -0.05) is 32.1 Å². The molecule has 0 saturated heterocycles. The monoisotopic (exact) mass is 302 g/mol. The molecular formula is C13H19BrOS. The molecule has 0 bridgehead atoms. The van der Waals surface area contributed by atoms with Crippen LogP contribution < -0.4 is 0 Å². The molecule has 1 heterocycles. The van der Waals surface area contributed by atoms with Crippen LogP contribution in [0.5, 0.6) is 0 Å². The van der Waals surface area contributed by atoms with Crippen LogP contribution in [0.3, 0.4) is 0 Å². The van der Waals surface area contributed by atoms with E-state index >= 15 is 0 Å². The highest BCUT2D eigenvalue weighted by atomic mass is 79.9. The third-order valence-electron chi connectivity index (χ3n) is 3.52. The molecule has 3 heteroatoms. The lowest BCUT2D eigenvalue weighted by molar-refractivity contribution is 0.154. The largest absolute Gasteiger partial charge is 0.388 e. The molecule has 1 saturated carbocycles. The minimum atomic E-state index is -0.267. The Hall–Kier alpha value is 0.140. The maximum Gasteiger partial charge on any atom is 0.0893 e. The average Bonchev–Trinajstić information content (AvgIpc) is 2.74. The maximum atomic E-state index is 10.1. The van der Waals surface area contributed by atoms with Gasteiger partial charge >= 0.3 is 0 Å². The van der Waals surface area contributed by atoms with Crippen molar-refractivity contribution >= 4 is 27.3 Å². The summed E-state index contributed by atoms with van der Waals surface area (Å²) in [6.45, 7) is 0. The maximum absolute atomic E-state index is 10.1. The van der Waals surface area contributed by atoms with E-state index in [0.29, 0.717) is 0 Å². The number of aliphatic hydroxyl groups excluding tert-OH is 1. The zero-order valence-corrected chi connectivity index (χ0v) is 11.9. The summed E-state index contributed by atoms with van der Waals surface area (Å²) in [7, 11) is 0. The Labute approximate surface area is 110 Å². The predicted octanol–water partition coefficient (Wildman–Crippen LogP) is 4.90. The second kappa shape index (κ2) is 6.18. The molecule has 1 aromatic heterocycles. The van der Waals surface area contributed by atoms with Gasteiger partial charge in [-0.05, 0) is 46.1 Å². The molecule has 1 aliphatic carbocycles. The van der Waals surface area contributed by atoms with Crippen molar-refractivity contribution in [1.29, 1.82) is 0 Å². The first kappa shape index (κ1) is 12.6. The van der Waals surface area contributed by atoms with E-state index in [1.54, 1.807) is 11.3 Å². The van der Waals surface area contributed by atoms with Crippen LogP contribution in [0.1, 0.15) is 55.9 Å². The highest BCUT2D eigenvalue weighted by Gasteiger charge is 2.17. The summed E-state index contributed by atoms with van der Waals surface area (Å²) >= 11 is 5.13. The fourth-order valence-corrected chi connectivity index (χ4v) is 4.20. The van der Waals surface area contributed by atoms with E-state index in [9.17, 15) is 5.11 Å². The Kier molecular flexibility index (Phi) is 4.86. The van der Waals surface area contributed by atoms with Gasteiger partial charge in [0.2, 0.25) is 0 Å². The number of aliphatic hydroxyl groups is 1. The Morgan fingerprint density at radius 3 is 2.75 bits per heavy atom. The summed E-state index contributed by atoms with van der Waals surface area (Å²) in [5.74, 6) is 0.863. The van der Waals surface area contributed by atoms with Crippen molar-refractivity contribution in [2.45, 2.75) is 51.0 Å². The second-order valence-corrected chi connectivity index (χ2v) is 6.53. The Morgan fingerprint density at radius 1 is 1.38 bits per heavy atom. The van der Waals surface area contributed by atoms with Gasteiger partial charge in [0.25, 0.3) is 0 Å². The Morgan fingerprint density at radius 2 is 2.12 bits per heavy atom. The van der Waals surface area contributed by atoms with Crippen molar-refractivity contribution < 1.29 is 5.11 Å². The van der Waals surface area contributed by atoms with Crippen LogP contribution in [-0.2, 0) is 0 Å². The fourth-order valence-electron chi connectivity index (χ4n) is 2.54. The van der Waals surface area contributed by atoms with Gasteiger partial charge in [-0.15, -0.1) is 11.3 Å². The molecule has 1 fully saturated rings. The number of hydrogen-bond acceptors (Lipinski definition) is 2. The number of rotatable bonds is 4. The molecule has 0 amide bonds. The van der Waals surface area contributed by atoms with Gasteiger partial charge in [-0.3, -0.25) is 0 Å². The number of thiophene rings is 1. The van der Waals surface area contributed by atoms with Crippen LogP contribution in [0.4, 0.5) is 0 Å². The molecular weight excluding hydrogens is 284 g/mol. The summed E-state index contributed by atoms with van der Waals surface area (Å²) in [6.07, 6.45) is 8.78. The van der Waals surface area contributed by atoms with Crippen molar-refractivity contribution in [2.75, 3.05) is 0 Å². The molecule has 1 nitrogen and oxygen atoms in total. The molecule has 90 valence electrons. The second-order valence-electron chi connectivity index (χ2n) is 4.73. The van der Waals surface area contributed by atoms with Crippen molar-refractivity contribution in [3.8, 4) is 0 Å². The van der Waals surface area contributed by atoms with Gasteiger partial charge in [0, 0.05) is 9.35 Å². The molecule has 1 atom stereocenters. The lowest BCUT2D eigenvalue weighted by atomic mass is 9.85. The van der Waals surface area contributed by atoms with Crippen molar-refractivity contribution in [3.63, 3.8) is 0 Å². The van der Waals surface area contributed by atoms with Gasteiger partial charge in [-0.2, -0.15) is 0 Å². The highest BCUT2D eigenvalue weighted by molar-refractivity contribution is 9.10. The van der Waals surface area contributed by atoms with E-state index in [1.165, 1.54) is 38.5 Å². The summed E-state index contributed by atoms with van der Waals surface area (Å²) in [5, 5.41) is 12.1. The van der Waals surface area contributed by atoms with E-state index in [1.807, 2.05) is 11.4 Å². The Bertz CT molecular complexity index is 317. The summed E-state index contributed by atoms with van der Waals surface area (Å²) < 4.78 is 1.06. The van der Waals surface area contributed by atoms with Crippen LogP contribution in [0.25, 0.3) is 0 Å². The van der Waals surface area contributed by atoms with E-state index < -0.39 is 0 Å². The zero-order chi connectivity index (χ0) is 11.4. The lowest BCUT2D eigenvalue weighted by Crippen LogP contribution is -2.08. The van der Waals surface area contributed by atoms with Gasteiger partial charge in [-0.25, -0.2) is 0 Å². The number of hydrogen-bond donors (Lipinski definition) is 1.